The molecule has 1 aliphatic heterocycles. The summed E-state index contributed by atoms with van der Waals surface area (Å²) in [5, 5.41) is 3.21. The maximum Gasteiger partial charge on any atom is 0.249 e. The maximum atomic E-state index is 12.4. The van der Waals surface area contributed by atoms with Gasteiger partial charge in [-0.1, -0.05) is 30.3 Å². The van der Waals surface area contributed by atoms with Gasteiger partial charge in [0, 0.05) is 12.6 Å². The van der Waals surface area contributed by atoms with Gasteiger partial charge >= 0.3 is 0 Å². The Morgan fingerprint density at radius 1 is 1.23 bits per heavy atom. The minimum Gasteiger partial charge on any atom is -0.364 e. The Labute approximate surface area is 138 Å². The normalized spacial score (nSPS) is 25.3. The molecule has 2 fully saturated rings. The molecule has 1 aromatic carbocycles. The van der Waals surface area contributed by atoms with Crippen LogP contribution in [0.2, 0.25) is 0 Å². The highest BCUT2D eigenvalue weighted by Crippen LogP contribution is 2.34. The van der Waals surface area contributed by atoms with Crippen molar-refractivity contribution < 1.29 is 9.53 Å². The van der Waals surface area contributed by atoms with Crippen molar-refractivity contribution in [1.82, 2.24) is 5.32 Å². The molecule has 3 rings (SSSR count). The smallest absolute Gasteiger partial charge is 0.249 e. The van der Waals surface area contributed by atoms with Crippen LogP contribution in [-0.4, -0.2) is 30.7 Å². The second kappa shape index (κ2) is 7.95. The van der Waals surface area contributed by atoms with E-state index in [4.69, 9.17) is 10.5 Å². The molecule has 22 heavy (non-hydrogen) atoms. The third-order valence-electron chi connectivity index (χ3n) is 4.48. The van der Waals surface area contributed by atoms with E-state index in [9.17, 15) is 4.79 Å². The van der Waals surface area contributed by atoms with Crippen molar-refractivity contribution in [1.29, 1.82) is 0 Å². The summed E-state index contributed by atoms with van der Waals surface area (Å²) in [6.45, 7) is 0.500. The van der Waals surface area contributed by atoms with Crippen LogP contribution in [0.1, 0.15) is 31.2 Å². The van der Waals surface area contributed by atoms with Crippen molar-refractivity contribution in [2.24, 2.45) is 11.7 Å². The highest BCUT2D eigenvalue weighted by molar-refractivity contribution is 5.85. The van der Waals surface area contributed by atoms with E-state index in [0.29, 0.717) is 12.5 Å². The van der Waals surface area contributed by atoms with Gasteiger partial charge in [-0.3, -0.25) is 4.79 Å². The van der Waals surface area contributed by atoms with Gasteiger partial charge in [0.1, 0.15) is 6.10 Å². The second-order valence-electron chi connectivity index (χ2n) is 6.20. The van der Waals surface area contributed by atoms with Gasteiger partial charge in [0.05, 0.1) is 6.10 Å². The third-order valence-corrected chi connectivity index (χ3v) is 4.48. The van der Waals surface area contributed by atoms with Crippen molar-refractivity contribution in [2.45, 2.75) is 50.4 Å². The molecule has 1 heterocycles. The lowest BCUT2D eigenvalue weighted by Gasteiger charge is -2.21. The van der Waals surface area contributed by atoms with Gasteiger partial charge in [0.25, 0.3) is 0 Å². The molecule has 2 aliphatic rings. The molecule has 3 N–H and O–H groups in total. The first-order valence-corrected chi connectivity index (χ1v) is 7.96. The van der Waals surface area contributed by atoms with Crippen LogP contribution in [0.15, 0.2) is 30.3 Å². The fourth-order valence-corrected chi connectivity index (χ4v) is 3.05. The summed E-state index contributed by atoms with van der Waals surface area (Å²) >= 11 is 0. The number of rotatable bonds is 6. The minimum absolute atomic E-state index is 0. The van der Waals surface area contributed by atoms with Crippen LogP contribution in [0.5, 0.6) is 0 Å². The average Bonchev–Trinajstić information content (AvgIpc) is 3.24. The molecule has 4 nitrogen and oxygen atoms in total. The summed E-state index contributed by atoms with van der Waals surface area (Å²) in [4.78, 5) is 12.4. The van der Waals surface area contributed by atoms with E-state index in [1.165, 1.54) is 18.4 Å². The zero-order valence-electron chi connectivity index (χ0n) is 12.7. The van der Waals surface area contributed by atoms with E-state index in [2.05, 4.69) is 17.4 Å². The highest BCUT2D eigenvalue weighted by atomic mass is 35.5. The summed E-state index contributed by atoms with van der Waals surface area (Å²) < 4.78 is 5.69. The molecule has 3 atom stereocenters. The van der Waals surface area contributed by atoms with Crippen LogP contribution in [0.4, 0.5) is 0 Å². The summed E-state index contributed by atoms with van der Waals surface area (Å²) in [7, 11) is 0. The standard InChI is InChI=1S/C17H24N2O2.ClH/c18-11-14-8-9-16(21-14)17(20)19-15(13-6-7-13)10-12-4-2-1-3-5-12;/h1-5,13-16H,6-11,18H2,(H,19,20);1H/t14-,15?,16+;/m1./s1. The van der Waals surface area contributed by atoms with E-state index in [1.807, 2.05) is 18.2 Å². The van der Waals surface area contributed by atoms with E-state index in [-0.39, 0.29) is 36.6 Å². The van der Waals surface area contributed by atoms with E-state index >= 15 is 0 Å². The molecule has 1 aliphatic carbocycles. The molecule has 1 amide bonds. The predicted octanol–water partition coefficient (Wildman–Crippen LogP) is 2.05. The number of nitrogens with one attached hydrogen (secondary N) is 1. The van der Waals surface area contributed by atoms with Gasteiger partial charge in [0.2, 0.25) is 5.91 Å². The SMILES string of the molecule is Cl.NC[C@H]1CC[C@@H](C(=O)NC(Cc2ccccc2)C2CC2)O1. The van der Waals surface area contributed by atoms with Gasteiger partial charge in [-0.15, -0.1) is 12.4 Å². The van der Waals surface area contributed by atoms with Crippen molar-refractivity contribution in [2.75, 3.05) is 6.54 Å². The molecule has 1 saturated carbocycles. The highest BCUT2D eigenvalue weighted by Gasteiger charge is 2.36. The lowest BCUT2D eigenvalue weighted by molar-refractivity contribution is -0.132. The fourth-order valence-electron chi connectivity index (χ4n) is 3.05. The number of amides is 1. The number of nitrogens with two attached hydrogens (primary N) is 1. The quantitative estimate of drug-likeness (QED) is 0.841. The molecule has 122 valence electrons. The number of carbonyl (C=O) groups excluding carboxylic acids is 1. The van der Waals surface area contributed by atoms with Crippen LogP contribution in [0.25, 0.3) is 0 Å². The van der Waals surface area contributed by atoms with E-state index < -0.39 is 0 Å². The molecular weight excluding hydrogens is 300 g/mol. The average molecular weight is 325 g/mol. The van der Waals surface area contributed by atoms with Crippen LogP contribution < -0.4 is 11.1 Å². The number of hydrogen-bond acceptors (Lipinski definition) is 3. The molecule has 1 saturated heterocycles. The molecule has 0 aromatic heterocycles. The molecule has 5 heteroatoms. The zero-order chi connectivity index (χ0) is 14.7. The zero-order valence-corrected chi connectivity index (χ0v) is 13.6. The Morgan fingerprint density at radius 2 is 1.95 bits per heavy atom. The molecule has 1 unspecified atom stereocenters. The van der Waals surface area contributed by atoms with Crippen molar-refractivity contribution >= 4 is 18.3 Å². The second-order valence-corrected chi connectivity index (χ2v) is 6.20. The molecule has 0 radical (unpaired) electrons. The lowest BCUT2D eigenvalue weighted by atomic mass is 10.0. The van der Waals surface area contributed by atoms with Crippen LogP contribution in [0, 0.1) is 5.92 Å². The van der Waals surface area contributed by atoms with Gasteiger partial charge in [-0.25, -0.2) is 0 Å². The Kier molecular flexibility index (Phi) is 6.24. The number of carbonyl (C=O) groups is 1. The summed E-state index contributed by atoms with van der Waals surface area (Å²) in [5.41, 5.74) is 6.88. The van der Waals surface area contributed by atoms with E-state index in [0.717, 1.165) is 19.3 Å². The summed E-state index contributed by atoms with van der Waals surface area (Å²) in [6, 6.07) is 10.6. The maximum absolute atomic E-state index is 12.4. The Morgan fingerprint density at radius 3 is 2.55 bits per heavy atom. The van der Waals surface area contributed by atoms with Gasteiger partial charge in [-0.05, 0) is 43.6 Å². The van der Waals surface area contributed by atoms with Gasteiger partial charge < -0.3 is 15.8 Å². The van der Waals surface area contributed by atoms with Crippen LogP contribution in [-0.2, 0) is 16.0 Å². The lowest BCUT2D eigenvalue weighted by Crippen LogP contribution is -2.44. The molecule has 0 bridgehead atoms. The Hall–Kier alpha value is -1.10. The largest absolute Gasteiger partial charge is 0.364 e. The van der Waals surface area contributed by atoms with Crippen LogP contribution in [0.3, 0.4) is 0 Å². The first kappa shape index (κ1) is 17.3. The molecular formula is C17H25ClN2O2. The minimum atomic E-state index is -0.310. The number of benzene rings is 1. The first-order valence-electron chi connectivity index (χ1n) is 7.96. The summed E-state index contributed by atoms with van der Waals surface area (Å²) in [5.74, 6) is 0.666. The molecule has 0 spiro atoms. The number of halogens is 1. The topological polar surface area (TPSA) is 64.4 Å². The van der Waals surface area contributed by atoms with Crippen LogP contribution >= 0.6 is 12.4 Å². The Bertz CT molecular complexity index is 479. The number of ether oxygens (including phenoxy) is 1. The number of hydrogen-bond donors (Lipinski definition) is 2. The van der Waals surface area contributed by atoms with Crippen molar-refractivity contribution in [3.8, 4) is 0 Å². The van der Waals surface area contributed by atoms with E-state index in [1.54, 1.807) is 0 Å². The van der Waals surface area contributed by atoms with Crippen molar-refractivity contribution in [3.63, 3.8) is 0 Å². The predicted molar refractivity (Wildman–Crippen MR) is 89.0 cm³/mol. The molecule has 1 aromatic rings. The van der Waals surface area contributed by atoms with Gasteiger partial charge in [0.15, 0.2) is 0 Å². The Balaban J connectivity index is 0.00000176. The summed E-state index contributed by atoms with van der Waals surface area (Å²) in [6.07, 6.45) is 4.76. The van der Waals surface area contributed by atoms with Gasteiger partial charge in [-0.2, -0.15) is 0 Å². The first-order chi connectivity index (χ1) is 10.3. The fraction of sp³-hybridized carbons (Fsp3) is 0.588. The third kappa shape index (κ3) is 4.45. The van der Waals surface area contributed by atoms with Crippen molar-refractivity contribution in [3.05, 3.63) is 35.9 Å². The monoisotopic (exact) mass is 324 g/mol.